The molecular weight excluding hydrogens is 477 g/mol. The number of hydrogen-bond acceptors (Lipinski definition) is 3. The van der Waals surface area contributed by atoms with Gasteiger partial charge in [0.2, 0.25) is 0 Å². The van der Waals surface area contributed by atoms with Crippen LogP contribution in [0.25, 0.3) is 10.8 Å². The van der Waals surface area contributed by atoms with Crippen molar-refractivity contribution in [3.05, 3.63) is 102 Å². The normalized spacial score (nSPS) is 15.5. The number of rotatable bonds is 7. The Labute approximate surface area is 216 Å². The van der Waals surface area contributed by atoms with Crippen LogP contribution in [0.5, 0.6) is 5.75 Å². The van der Waals surface area contributed by atoms with Crippen LogP contribution in [0.1, 0.15) is 48.0 Å². The van der Waals surface area contributed by atoms with Crippen molar-refractivity contribution < 1.29 is 19.0 Å². The molecule has 186 valence electrons. The number of carboxylic acids is 1. The van der Waals surface area contributed by atoms with Crippen LogP contribution in [-0.4, -0.2) is 23.7 Å². The summed E-state index contributed by atoms with van der Waals surface area (Å²) in [4.78, 5) is 13.3. The molecule has 1 heterocycles. The third-order valence-electron chi connectivity index (χ3n) is 6.85. The lowest BCUT2D eigenvalue weighted by molar-refractivity contribution is 0.0692. The molecule has 4 nitrogen and oxygen atoms in total. The summed E-state index contributed by atoms with van der Waals surface area (Å²) in [7, 11) is 0. The van der Waals surface area contributed by atoms with Crippen molar-refractivity contribution in [2.75, 3.05) is 11.4 Å². The van der Waals surface area contributed by atoms with Gasteiger partial charge < -0.3 is 14.7 Å². The molecule has 1 N–H and O–H groups in total. The van der Waals surface area contributed by atoms with E-state index >= 15 is 4.39 Å². The van der Waals surface area contributed by atoms with Gasteiger partial charge in [0.05, 0.1) is 23.5 Å². The largest absolute Gasteiger partial charge is 0.486 e. The molecule has 0 bridgehead atoms. The molecule has 36 heavy (non-hydrogen) atoms. The van der Waals surface area contributed by atoms with Gasteiger partial charge in [0.25, 0.3) is 0 Å². The Balaban J connectivity index is 0.00000304. The molecule has 5 rings (SSSR count). The fraction of sp³-hybridized carbons (Fsp3) is 0.233. The van der Waals surface area contributed by atoms with Crippen LogP contribution < -0.4 is 9.64 Å². The predicted octanol–water partition coefficient (Wildman–Crippen LogP) is 7.97. The highest BCUT2D eigenvalue weighted by Gasteiger charge is 2.29. The van der Waals surface area contributed by atoms with E-state index in [4.69, 9.17) is 4.74 Å². The molecule has 1 unspecified atom stereocenters. The van der Waals surface area contributed by atoms with Gasteiger partial charge in [0.1, 0.15) is 11.9 Å². The van der Waals surface area contributed by atoms with Crippen LogP contribution >= 0.6 is 12.4 Å². The van der Waals surface area contributed by atoms with Crippen molar-refractivity contribution in [2.45, 2.75) is 38.2 Å². The van der Waals surface area contributed by atoms with Gasteiger partial charge in [-0.3, -0.25) is 0 Å². The van der Waals surface area contributed by atoms with E-state index in [1.807, 2.05) is 29.2 Å². The van der Waals surface area contributed by atoms with Crippen molar-refractivity contribution in [1.29, 1.82) is 0 Å². The molecule has 4 aromatic rings. The van der Waals surface area contributed by atoms with Crippen molar-refractivity contribution in [1.82, 2.24) is 0 Å². The van der Waals surface area contributed by atoms with E-state index in [1.54, 1.807) is 12.1 Å². The number of halogens is 2. The Bertz CT molecular complexity index is 1370. The minimum atomic E-state index is -1.27. The molecule has 0 aliphatic carbocycles. The zero-order valence-electron chi connectivity index (χ0n) is 20.1. The second-order valence-electron chi connectivity index (χ2n) is 9.16. The lowest BCUT2D eigenvalue weighted by Gasteiger charge is -2.36. The minimum Gasteiger partial charge on any atom is -0.486 e. The Morgan fingerprint density at radius 1 is 1.00 bits per heavy atom. The first kappa shape index (κ1) is 25.5. The maximum Gasteiger partial charge on any atom is 0.338 e. The molecule has 1 aliphatic rings. The van der Waals surface area contributed by atoms with Gasteiger partial charge in [-0.15, -0.1) is 12.4 Å². The van der Waals surface area contributed by atoms with Crippen LogP contribution in [0.2, 0.25) is 0 Å². The van der Waals surface area contributed by atoms with Crippen LogP contribution in [-0.2, 0) is 0 Å². The number of carbonyl (C=O) groups is 1. The summed E-state index contributed by atoms with van der Waals surface area (Å²) in [6, 6.07) is 27.0. The average Bonchev–Trinajstić information content (AvgIpc) is 2.88. The Morgan fingerprint density at radius 2 is 1.69 bits per heavy atom. The van der Waals surface area contributed by atoms with E-state index in [0.717, 1.165) is 24.9 Å². The molecule has 1 aliphatic heterocycles. The fourth-order valence-electron chi connectivity index (χ4n) is 5.06. The highest BCUT2D eigenvalue weighted by molar-refractivity contribution is 5.90. The topological polar surface area (TPSA) is 49.8 Å². The second-order valence-corrected chi connectivity index (χ2v) is 9.16. The third kappa shape index (κ3) is 5.02. The van der Waals surface area contributed by atoms with Gasteiger partial charge in [-0.05, 0) is 65.8 Å². The summed E-state index contributed by atoms with van der Waals surface area (Å²) in [5, 5.41) is 11.9. The molecule has 6 heteroatoms. The zero-order valence-corrected chi connectivity index (χ0v) is 20.9. The summed E-state index contributed by atoms with van der Waals surface area (Å²) < 4.78 is 21.4. The zero-order chi connectivity index (χ0) is 24.4. The van der Waals surface area contributed by atoms with E-state index < -0.39 is 11.8 Å². The third-order valence-corrected chi connectivity index (χ3v) is 6.85. The summed E-state index contributed by atoms with van der Waals surface area (Å²) in [6.07, 6.45) is 2.67. The smallest absolute Gasteiger partial charge is 0.338 e. The van der Waals surface area contributed by atoms with Crippen LogP contribution in [0, 0.1) is 5.82 Å². The Hall–Kier alpha value is -3.57. The van der Waals surface area contributed by atoms with Crippen LogP contribution in [0.15, 0.2) is 84.9 Å². The number of hydrogen-bond donors (Lipinski definition) is 1. The van der Waals surface area contributed by atoms with E-state index in [-0.39, 0.29) is 29.8 Å². The number of para-hydroxylation sites is 2. The molecular formula is C30H29ClFNO3. The number of ether oxygens (including phenoxy) is 1. The van der Waals surface area contributed by atoms with Crippen molar-refractivity contribution in [3.63, 3.8) is 0 Å². The first-order valence-corrected chi connectivity index (χ1v) is 12.1. The lowest BCUT2D eigenvalue weighted by atomic mass is 9.90. The van der Waals surface area contributed by atoms with Crippen LogP contribution in [0.4, 0.5) is 15.8 Å². The second kappa shape index (κ2) is 11.0. The van der Waals surface area contributed by atoms with Gasteiger partial charge in [0, 0.05) is 0 Å². The summed E-state index contributed by atoms with van der Waals surface area (Å²) in [6.45, 7) is 2.72. The van der Waals surface area contributed by atoms with E-state index in [0.29, 0.717) is 18.2 Å². The number of anilines is 2. The molecule has 0 aromatic heterocycles. The number of nitrogens with zero attached hydrogens (tertiary/aromatic N) is 1. The number of aromatic carboxylic acids is 1. The molecule has 2 atom stereocenters. The molecule has 0 radical (unpaired) electrons. The van der Waals surface area contributed by atoms with Gasteiger partial charge in [-0.2, -0.15) is 0 Å². The van der Waals surface area contributed by atoms with E-state index in [9.17, 15) is 9.90 Å². The Kier molecular flexibility index (Phi) is 7.80. The maximum absolute atomic E-state index is 15.1. The lowest BCUT2D eigenvalue weighted by Crippen LogP contribution is -2.37. The van der Waals surface area contributed by atoms with Gasteiger partial charge >= 0.3 is 5.97 Å². The van der Waals surface area contributed by atoms with E-state index in [1.165, 1.54) is 22.4 Å². The quantitative estimate of drug-likeness (QED) is 0.276. The van der Waals surface area contributed by atoms with Gasteiger partial charge in [-0.25, -0.2) is 9.18 Å². The monoisotopic (exact) mass is 505 g/mol. The molecule has 4 aromatic carbocycles. The van der Waals surface area contributed by atoms with E-state index in [2.05, 4.69) is 49.4 Å². The number of carboxylic acid groups (broad SMARTS) is 1. The molecule has 0 amide bonds. The Morgan fingerprint density at radius 3 is 2.53 bits per heavy atom. The van der Waals surface area contributed by atoms with Crippen molar-refractivity contribution >= 4 is 40.5 Å². The maximum atomic E-state index is 15.1. The highest BCUT2D eigenvalue weighted by atomic mass is 35.5. The standard InChI is InChI=1S/C30H28FNO3.ClH/c1-20(23-14-7-11-21-10-2-3-13-24(21)23)9-6-12-22-19-32(26-16-4-5-18-28(26)35-22)27-17-8-15-25(29(27)31)30(33)34;/h2-5,7-8,10-11,13-18,20,22H,6,9,12,19H2,1H3,(H,33,34);1H/t20-,22?;/m0./s1. The fourth-order valence-corrected chi connectivity index (χ4v) is 5.06. The average molecular weight is 506 g/mol. The summed E-state index contributed by atoms with van der Waals surface area (Å²) in [5.74, 6) is -0.909. The summed E-state index contributed by atoms with van der Waals surface area (Å²) >= 11 is 0. The van der Waals surface area contributed by atoms with Gasteiger partial charge in [0.15, 0.2) is 5.82 Å². The van der Waals surface area contributed by atoms with Crippen molar-refractivity contribution in [3.8, 4) is 5.75 Å². The molecule has 0 fully saturated rings. The number of benzene rings is 4. The summed E-state index contributed by atoms with van der Waals surface area (Å²) in [5.41, 5.74) is 2.03. The van der Waals surface area contributed by atoms with Crippen molar-refractivity contribution in [2.24, 2.45) is 0 Å². The molecule has 0 spiro atoms. The number of fused-ring (bicyclic) bond motifs is 2. The molecule has 0 saturated heterocycles. The van der Waals surface area contributed by atoms with Gasteiger partial charge in [-0.1, -0.05) is 67.6 Å². The predicted molar refractivity (Wildman–Crippen MR) is 145 cm³/mol. The SMILES string of the molecule is C[C@@H](CCCC1CN(c2cccc(C(=O)O)c2F)c2ccccc2O1)c1cccc2ccccc12.Cl. The molecule has 0 saturated carbocycles. The highest BCUT2D eigenvalue weighted by Crippen LogP contribution is 2.40. The van der Waals surface area contributed by atoms with Crippen LogP contribution in [0.3, 0.4) is 0 Å². The first-order valence-electron chi connectivity index (χ1n) is 12.1. The minimum absolute atomic E-state index is 0. The first-order chi connectivity index (χ1) is 17.0.